The van der Waals surface area contributed by atoms with Crippen molar-refractivity contribution < 1.29 is 19.4 Å². The first-order chi connectivity index (χ1) is 5.07. The van der Waals surface area contributed by atoms with Crippen LogP contribution in [0.5, 0.6) is 0 Å². The molecule has 0 rings (SSSR count). The summed E-state index contributed by atoms with van der Waals surface area (Å²) in [6, 6.07) is -0.799. The molecule has 5 nitrogen and oxygen atoms in total. The summed E-state index contributed by atoms with van der Waals surface area (Å²) in [6.07, 6.45) is -1.23. The predicted octanol–water partition coefficient (Wildman–Crippen LogP) is 0.206. The van der Waals surface area contributed by atoms with Gasteiger partial charge in [0.1, 0.15) is 6.04 Å². The first kappa shape index (κ1) is 9.74. The van der Waals surface area contributed by atoms with Crippen LogP contribution in [0, 0.1) is 0 Å². The molecule has 0 aromatic heterocycles. The molecule has 0 aliphatic carbocycles. The molecular weight excluding hydrogens is 150 g/mol. The minimum absolute atomic E-state index is 0.254. The molecule has 1 unspecified atom stereocenters. The standard InChI is InChI=1S/C6H11NO4/c1-3-11-5(8)4(2)7-6(9)10/h4,7H,3H2,1-2H3,(H,9,10). The molecule has 0 saturated carbocycles. The molecule has 0 aromatic carbocycles. The first-order valence-corrected chi connectivity index (χ1v) is 3.24. The molecule has 1 amide bonds. The van der Waals surface area contributed by atoms with Crippen molar-refractivity contribution in [2.24, 2.45) is 0 Å². The van der Waals surface area contributed by atoms with Crippen LogP contribution < -0.4 is 5.32 Å². The summed E-state index contributed by atoms with van der Waals surface area (Å²) in [5.41, 5.74) is 0. The minimum Gasteiger partial charge on any atom is -0.465 e. The maximum absolute atomic E-state index is 10.7. The third-order valence-electron chi connectivity index (χ3n) is 0.980. The Morgan fingerprint density at radius 1 is 1.64 bits per heavy atom. The zero-order valence-corrected chi connectivity index (χ0v) is 6.46. The van der Waals surface area contributed by atoms with E-state index in [9.17, 15) is 9.59 Å². The second-order valence-electron chi connectivity index (χ2n) is 1.92. The van der Waals surface area contributed by atoms with E-state index >= 15 is 0 Å². The average Bonchev–Trinajstić information content (AvgIpc) is 1.86. The van der Waals surface area contributed by atoms with E-state index in [0.717, 1.165) is 0 Å². The second-order valence-corrected chi connectivity index (χ2v) is 1.92. The van der Waals surface area contributed by atoms with Crippen LogP contribution in [-0.2, 0) is 9.53 Å². The van der Waals surface area contributed by atoms with E-state index in [1.54, 1.807) is 6.92 Å². The fraction of sp³-hybridized carbons (Fsp3) is 0.667. The van der Waals surface area contributed by atoms with Crippen LogP contribution in [-0.4, -0.2) is 29.8 Å². The molecule has 0 aliphatic heterocycles. The van der Waals surface area contributed by atoms with Gasteiger partial charge in [-0.2, -0.15) is 0 Å². The SMILES string of the molecule is CCOC(=O)C(C)NC(=O)O. The number of esters is 1. The van der Waals surface area contributed by atoms with Gasteiger partial charge in [-0.15, -0.1) is 0 Å². The Labute approximate surface area is 64.3 Å². The van der Waals surface area contributed by atoms with Gasteiger partial charge in [0.2, 0.25) is 0 Å². The van der Waals surface area contributed by atoms with E-state index in [2.05, 4.69) is 4.74 Å². The summed E-state index contributed by atoms with van der Waals surface area (Å²) in [7, 11) is 0. The summed E-state index contributed by atoms with van der Waals surface area (Å²) in [5.74, 6) is -0.560. The highest BCUT2D eigenvalue weighted by molar-refractivity contribution is 5.80. The van der Waals surface area contributed by atoms with E-state index in [1.165, 1.54) is 6.92 Å². The van der Waals surface area contributed by atoms with Gasteiger partial charge in [0.25, 0.3) is 0 Å². The molecule has 1 atom stereocenters. The van der Waals surface area contributed by atoms with Gasteiger partial charge in [-0.25, -0.2) is 9.59 Å². The van der Waals surface area contributed by atoms with Gasteiger partial charge in [-0.1, -0.05) is 0 Å². The number of ether oxygens (including phenoxy) is 1. The Balaban J connectivity index is 3.73. The minimum atomic E-state index is -1.23. The van der Waals surface area contributed by atoms with Gasteiger partial charge in [0.15, 0.2) is 0 Å². The average molecular weight is 161 g/mol. The number of rotatable bonds is 3. The lowest BCUT2D eigenvalue weighted by Gasteiger charge is -2.08. The molecule has 0 bridgehead atoms. The van der Waals surface area contributed by atoms with Crippen molar-refractivity contribution in [3.05, 3.63) is 0 Å². The van der Waals surface area contributed by atoms with Gasteiger partial charge < -0.3 is 15.2 Å². The molecule has 0 aromatic rings. The smallest absolute Gasteiger partial charge is 0.405 e. The summed E-state index contributed by atoms with van der Waals surface area (Å²) < 4.78 is 4.54. The van der Waals surface area contributed by atoms with Crippen LogP contribution in [0.15, 0.2) is 0 Å². The Morgan fingerprint density at radius 2 is 2.18 bits per heavy atom. The number of hydrogen-bond acceptors (Lipinski definition) is 3. The van der Waals surface area contributed by atoms with Crippen molar-refractivity contribution in [2.45, 2.75) is 19.9 Å². The lowest BCUT2D eigenvalue weighted by Crippen LogP contribution is -2.38. The van der Waals surface area contributed by atoms with Crippen molar-refractivity contribution in [3.63, 3.8) is 0 Å². The zero-order chi connectivity index (χ0) is 8.85. The number of amides is 1. The molecule has 2 N–H and O–H groups in total. The topological polar surface area (TPSA) is 75.6 Å². The summed E-state index contributed by atoms with van der Waals surface area (Å²) in [5, 5.41) is 10.2. The normalized spacial score (nSPS) is 11.8. The van der Waals surface area contributed by atoms with Gasteiger partial charge in [-0.3, -0.25) is 0 Å². The second kappa shape index (κ2) is 4.54. The molecule has 5 heteroatoms. The molecule has 11 heavy (non-hydrogen) atoms. The fourth-order valence-corrected chi connectivity index (χ4v) is 0.511. The lowest BCUT2D eigenvalue weighted by molar-refractivity contribution is -0.144. The number of carbonyl (C=O) groups excluding carboxylic acids is 1. The number of nitrogens with one attached hydrogen (secondary N) is 1. The van der Waals surface area contributed by atoms with Crippen LogP contribution in [0.1, 0.15) is 13.8 Å². The summed E-state index contributed by atoms with van der Waals surface area (Å²) in [4.78, 5) is 20.7. The van der Waals surface area contributed by atoms with Crippen molar-refractivity contribution in [1.82, 2.24) is 5.32 Å². The van der Waals surface area contributed by atoms with Crippen LogP contribution >= 0.6 is 0 Å². The quantitative estimate of drug-likeness (QED) is 0.580. The zero-order valence-electron chi connectivity index (χ0n) is 6.46. The highest BCUT2D eigenvalue weighted by Crippen LogP contribution is 1.86. The Hall–Kier alpha value is -1.26. The van der Waals surface area contributed by atoms with Crippen LogP contribution in [0.2, 0.25) is 0 Å². The molecule has 0 heterocycles. The van der Waals surface area contributed by atoms with Crippen LogP contribution in [0.25, 0.3) is 0 Å². The van der Waals surface area contributed by atoms with Gasteiger partial charge >= 0.3 is 12.1 Å². The molecule has 0 fully saturated rings. The third-order valence-corrected chi connectivity index (χ3v) is 0.980. The largest absolute Gasteiger partial charge is 0.465 e. The van der Waals surface area contributed by atoms with Crippen molar-refractivity contribution in [2.75, 3.05) is 6.61 Å². The summed E-state index contributed by atoms with van der Waals surface area (Å²) >= 11 is 0. The predicted molar refractivity (Wildman–Crippen MR) is 37.3 cm³/mol. The molecule has 64 valence electrons. The highest BCUT2D eigenvalue weighted by Gasteiger charge is 2.14. The molecule has 0 spiro atoms. The monoisotopic (exact) mass is 161 g/mol. The number of hydrogen-bond donors (Lipinski definition) is 2. The third kappa shape index (κ3) is 4.19. The fourth-order valence-electron chi connectivity index (χ4n) is 0.511. The highest BCUT2D eigenvalue weighted by atomic mass is 16.5. The van der Waals surface area contributed by atoms with Crippen molar-refractivity contribution in [1.29, 1.82) is 0 Å². The van der Waals surface area contributed by atoms with Crippen LogP contribution in [0.4, 0.5) is 4.79 Å². The van der Waals surface area contributed by atoms with Crippen LogP contribution in [0.3, 0.4) is 0 Å². The van der Waals surface area contributed by atoms with Gasteiger partial charge in [0.05, 0.1) is 6.61 Å². The Kier molecular flexibility index (Phi) is 4.02. The Bertz CT molecular complexity index is 157. The van der Waals surface area contributed by atoms with E-state index < -0.39 is 18.1 Å². The molecule has 0 aliphatic rings. The first-order valence-electron chi connectivity index (χ1n) is 3.24. The molecule has 0 radical (unpaired) electrons. The van der Waals surface area contributed by atoms with Gasteiger partial charge in [-0.05, 0) is 13.8 Å². The maximum atomic E-state index is 10.7. The van der Waals surface area contributed by atoms with Crippen molar-refractivity contribution in [3.8, 4) is 0 Å². The van der Waals surface area contributed by atoms with E-state index in [0.29, 0.717) is 0 Å². The van der Waals surface area contributed by atoms with E-state index in [4.69, 9.17) is 5.11 Å². The molecular formula is C6H11NO4. The Morgan fingerprint density at radius 3 is 2.55 bits per heavy atom. The maximum Gasteiger partial charge on any atom is 0.405 e. The summed E-state index contributed by atoms with van der Waals surface area (Å²) in [6.45, 7) is 3.34. The van der Waals surface area contributed by atoms with E-state index in [1.807, 2.05) is 5.32 Å². The number of carboxylic acid groups (broad SMARTS) is 1. The lowest BCUT2D eigenvalue weighted by atomic mass is 10.3. The number of carbonyl (C=O) groups is 2. The van der Waals surface area contributed by atoms with Crippen molar-refractivity contribution >= 4 is 12.1 Å². The molecule has 0 saturated heterocycles. The van der Waals surface area contributed by atoms with E-state index in [-0.39, 0.29) is 6.61 Å². The van der Waals surface area contributed by atoms with Gasteiger partial charge in [0, 0.05) is 0 Å².